The first kappa shape index (κ1) is 10.3. The fourth-order valence-electron chi connectivity index (χ4n) is 1.35. The monoisotopic (exact) mass is 220 g/mol. The number of aromatic amines is 1. The Morgan fingerprint density at radius 1 is 1.38 bits per heavy atom. The molecule has 0 aliphatic carbocycles. The second-order valence-corrected chi connectivity index (χ2v) is 3.34. The Morgan fingerprint density at radius 3 is 2.81 bits per heavy atom. The van der Waals surface area contributed by atoms with E-state index in [0.29, 0.717) is 0 Å². The fourth-order valence-corrected chi connectivity index (χ4v) is 1.35. The Labute approximate surface area is 90.2 Å². The molecular formula is C10H9FN4O. The molecule has 2 aromatic rings. The number of nitrogens with two attached hydrogens (primary N) is 1. The highest BCUT2D eigenvalue weighted by Crippen LogP contribution is 2.19. The van der Waals surface area contributed by atoms with Crippen molar-refractivity contribution in [3.63, 3.8) is 0 Å². The first-order valence-corrected chi connectivity index (χ1v) is 4.56. The molecule has 16 heavy (non-hydrogen) atoms. The standard InChI is InChI=1S/C10H9FN4O/c1-5-2-3-7(11)6(4-5)8-13-9(12)15-10(16)14-8/h2-4H,1H3,(H3,12,13,14,15,16). The number of nitrogens with one attached hydrogen (secondary N) is 1. The van der Waals surface area contributed by atoms with Crippen LogP contribution in [0, 0.1) is 12.7 Å². The highest BCUT2D eigenvalue weighted by molar-refractivity contribution is 5.57. The van der Waals surface area contributed by atoms with Crippen molar-refractivity contribution in [3.8, 4) is 11.4 Å². The van der Waals surface area contributed by atoms with Crippen LogP contribution in [0.2, 0.25) is 0 Å². The third-order valence-electron chi connectivity index (χ3n) is 2.04. The van der Waals surface area contributed by atoms with E-state index in [4.69, 9.17) is 5.73 Å². The molecule has 0 radical (unpaired) electrons. The first-order chi connectivity index (χ1) is 7.56. The molecule has 2 rings (SSSR count). The zero-order valence-electron chi connectivity index (χ0n) is 8.49. The second kappa shape index (κ2) is 3.73. The van der Waals surface area contributed by atoms with Gasteiger partial charge in [0.1, 0.15) is 11.6 Å². The zero-order valence-corrected chi connectivity index (χ0v) is 8.49. The number of halogens is 1. The summed E-state index contributed by atoms with van der Waals surface area (Å²) in [5, 5.41) is 0. The van der Waals surface area contributed by atoms with Crippen LogP contribution in [0.4, 0.5) is 10.3 Å². The highest BCUT2D eigenvalue weighted by Gasteiger charge is 2.08. The van der Waals surface area contributed by atoms with E-state index >= 15 is 0 Å². The van der Waals surface area contributed by atoms with Crippen molar-refractivity contribution in [2.45, 2.75) is 6.92 Å². The minimum atomic E-state index is -0.650. The van der Waals surface area contributed by atoms with E-state index in [1.54, 1.807) is 12.1 Å². The molecule has 0 aliphatic rings. The normalized spacial score (nSPS) is 10.4. The third-order valence-corrected chi connectivity index (χ3v) is 2.04. The number of benzene rings is 1. The van der Waals surface area contributed by atoms with Gasteiger partial charge in [0, 0.05) is 0 Å². The summed E-state index contributed by atoms with van der Waals surface area (Å²) in [6, 6.07) is 4.51. The van der Waals surface area contributed by atoms with E-state index in [0.717, 1.165) is 5.56 Å². The van der Waals surface area contributed by atoms with Crippen LogP contribution >= 0.6 is 0 Å². The summed E-state index contributed by atoms with van der Waals surface area (Å²) < 4.78 is 13.5. The number of hydrogen-bond acceptors (Lipinski definition) is 4. The molecule has 0 unspecified atom stereocenters. The molecule has 0 bridgehead atoms. The minimum Gasteiger partial charge on any atom is -0.368 e. The van der Waals surface area contributed by atoms with Crippen molar-refractivity contribution in [2.75, 3.05) is 5.73 Å². The zero-order chi connectivity index (χ0) is 11.7. The molecule has 82 valence electrons. The average molecular weight is 220 g/mol. The van der Waals surface area contributed by atoms with E-state index in [1.165, 1.54) is 6.07 Å². The van der Waals surface area contributed by atoms with Gasteiger partial charge in [-0.1, -0.05) is 11.6 Å². The molecule has 0 saturated carbocycles. The average Bonchev–Trinajstić information content (AvgIpc) is 2.20. The molecule has 0 aliphatic heterocycles. The van der Waals surface area contributed by atoms with Crippen molar-refractivity contribution in [3.05, 3.63) is 40.1 Å². The van der Waals surface area contributed by atoms with Crippen molar-refractivity contribution >= 4 is 5.95 Å². The summed E-state index contributed by atoms with van der Waals surface area (Å²) in [6.45, 7) is 1.81. The maximum absolute atomic E-state index is 13.5. The highest BCUT2D eigenvalue weighted by atomic mass is 19.1. The van der Waals surface area contributed by atoms with Gasteiger partial charge < -0.3 is 5.73 Å². The lowest BCUT2D eigenvalue weighted by atomic mass is 10.1. The lowest BCUT2D eigenvalue weighted by Gasteiger charge is -2.03. The van der Waals surface area contributed by atoms with Crippen LogP contribution in [-0.4, -0.2) is 15.0 Å². The molecule has 5 nitrogen and oxygen atoms in total. The summed E-state index contributed by atoms with van der Waals surface area (Å²) >= 11 is 0. The molecule has 0 atom stereocenters. The molecule has 1 aromatic carbocycles. The molecular weight excluding hydrogens is 211 g/mol. The number of aryl methyl sites for hydroxylation is 1. The maximum atomic E-state index is 13.5. The first-order valence-electron chi connectivity index (χ1n) is 4.56. The minimum absolute atomic E-state index is 0.0821. The van der Waals surface area contributed by atoms with Crippen LogP contribution in [0.5, 0.6) is 0 Å². The van der Waals surface area contributed by atoms with Crippen LogP contribution in [0.3, 0.4) is 0 Å². The Balaban J connectivity index is 2.66. The van der Waals surface area contributed by atoms with Gasteiger partial charge in [-0.15, -0.1) is 0 Å². The van der Waals surface area contributed by atoms with Gasteiger partial charge in [-0.3, -0.25) is 4.98 Å². The summed E-state index contributed by atoms with van der Waals surface area (Å²) in [6.07, 6.45) is 0. The molecule has 1 heterocycles. The van der Waals surface area contributed by atoms with Crippen molar-refractivity contribution in [1.29, 1.82) is 0 Å². The molecule has 6 heteroatoms. The van der Waals surface area contributed by atoms with E-state index in [2.05, 4.69) is 15.0 Å². The number of nitrogens with zero attached hydrogens (tertiary/aromatic N) is 2. The molecule has 1 aromatic heterocycles. The van der Waals surface area contributed by atoms with Crippen molar-refractivity contribution < 1.29 is 4.39 Å². The van der Waals surface area contributed by atoms with Crippen molar-refractivity contribution in [1.82, 2.24) is 15.0 Å². The number of H-pyrrole nitrogens is 1. The quantitative estimate of drug-likeness (QED) is 0.746. The van der Waals surface area contributed by atoms with Gasteiger partial charge in [0.2, 0.25) is 5.95 Å². The smallest absolute Gasteiger partial charge is 0.349 e. The van der Waals surface area contributed by atoms with E-state index in [1.807, 2.05) is 6.92 Å². The number of anilines is 1. The van der Waals surface area contributed by atoms with Crippen LogP contribution in [0.15, 0.2) is 23.0 Å². The Kier molecular flexibility index (Phi) is 2.40. The van der Waals surface area contributed by atoms with Gasteiger partial charge in [-0.25, -0.2) is 9.18 Å². The summed E-state index contributed by atoms with van der Waals surface area (Å²) in [4.78, 5) is 20.5. The van der Waals surface area contributed by atoms with Crippen LogP contribution in [0.25, 0.3) is 11.4 Å². The van der Waals surface area contributed by atoms with Gasteiger partial charge >= 0.3 is 5.69 Å². The Bertz CT molecular complexity index is 594. The maximum Gasteiger partial charge on any atom is 0.349 e. The lowest BCUT2D eigenvalue weighted by Crippen LogP contribution is -2.15. The third kappa shape index (κ3) is 1.90. The van der Waals surface area contributed by atoms with Crippen LogP contribution in [0.1, 0.15) is 5.56 Å². The number of hydrogen-bond donors (Lipinski definition) is 2. The van der Waals surface area contributed by atoms with E-state index in [-0.39, 0.29) is 17.3 Å². The molecule has 0 spiro atoms. The van der Waals surface area contributed by atoms with Gasteiger partial charge in [-0.2, -0.15) is 9.97 Å². The fraction of sp³-hybridized carbons (Fsp3) is 0.100. The van der Waals surface area contributed by atoms with Gasteiger partial charge in [0.25, 0.3) is 0 Å². The van der Waals surface area contributed by atoms with Gasteiger partial charge in [-0.05, 0) is 19.1 Å². The van der Waals surface area contributed by atoms with Gasteiger partial charge in [0.05, 0.1) is 5.56 Å². The Hall–Kier alpha value is -2.24. The second-order valence-electron chi connectivity index (χ2n) is 3.34. The topological polar surface area (TPSA) is 84.7 Å². The van der Waals surface area contributed by atoms with E-state index < -0.39 is 11.5 Å². The molecule has 0 fully saturated rings. The summed E-state index contributed by atoms with van der Waals surface area (Å²) in [5.41, 5.74) is 5.73. The van der Waals surface area contributed by atoms with Gasteiger partial charge in [0.15, 0.2) is 0 Å². The molecule has 0 amide bonds. The van der Waals surface area contributed by atoms with E-state index in [9.17, 15) is 9.18 Å². The summed E-state index contributed by atoms with van der Waals surface area (Å²) in [7, 11) is 0. The molecule has 0 saturated heterocycles. The Morgan fingerprint density at radius 2 is 2.12 bits per heavy atom. The van der Waals surface area contributed by atoms with Crippen LogP contribution < -0.4 is 11.4 Å². The molecule has 3 N–H and O–H groups in total. The SMILES string of the molecule is Cc1ccc(F)c(-c2nc(N)nc(=O)[nH]2)c1. The number of nitrogen functional groups attached to an aromatic ring is 1. The number of rotatable bonds is 1. The van der Waals surface area contributed by atoms with Crippen LogP contribution in [-0.2, 0) is 0 Å². The predicted octanol–water partition coefficient (Wildman–Crippen LogP) is 0.862. The summed E-state index contributed by atoms with van der Waals surface area (Å²) in [5.74, 6) is -0.572. The lowest BCUT2D eigenvalue weighted by molar-refractivity contribution is 0.629. The number of aromatic nitrogens is 3. The predicted molar refractivity (Wildman–Crippen MR) is 57.2 cm³/mol. The largest absolute Gasteiger partial charge is 0.368 e. The van der Waals surface area contributed by atoms with Crippen molar-refractivity contribution in [2.24, 2.45) is 0 Å².